The fourth-order valence-electron chi connectivity index (χ4n) is 3.63. The molecule has 1 unspecified atom stereocenters. The molecule has 0 aliphatic carbocycles. The van der Waals surface area contributed by atoms with Crippen molar-refractivity contribution < 1.29 is 19.1 Å². The number of nitrogens with zero attached hydrogens (tertiary/aromatic N) is 2. The fourth-order valence-corrected chi connectivity index (χ4v) is 3.63. The summed E-state index contributed by atoms with van der Waals surface area (Å²) in [5.41, 5.74) is 1.04. The van der Waals surface area contributed by atoms with Crippen LogP contribution in [0.2, 0.25) is 0 Å². The topological polar surface area (TPSA) is 80.8 Å². The highest BCUT2D eigenvalue weighted by molar-refractivity contribution is 6.04. The van der Waals surface area contributed by atoms with Crippen molar-refractivity contribution in [3.63, 3.8) is 0 Å². The van der Waals surface area contributed by atoms with Crippen LogP contribution < -0.4 is 14.8 Å². The lowest BCUT2D eigenvalue weighted by atomic mass is 9.99. The van der Waals surface area contributed by atoms with Gasteiger partial charge in [-0.15, -0.1) is 0 Å². The van der Waals surface area contributed by atoms with Crippen molar-refractivity contribution in [3.05, 3.63) is 47.8 Å². The predicted molar refractivity (Wildman–Crippen MR) is 111 cm³/mol. The molecule has 1 aliphatic heterocycles. The van der Waals surface area contributed by atoms with E-state index in [2.05, 4.69) is 17.2 Å². The van der Waals surface area contributed by atoms with Gasteiger partial charge in [-0.3, -0.25) is 9.59 Å². The van der Waals surface area contributed by atoms with Crippen molar-refractivity contribution in [2.75, 3.05) is 26.1 Å². The van der Waals surface area contributed by atoms with Gasteiger partial charge in [0.1, 0.15) is 11.4 Å². The van der Waals surface area contributed by atoms with Crippen LogP contribution in [-0.4, -0.2) is 48.5 Å². The Morgan fingerprint density at radius 3 is 2.59 bits per heavy atom. The second-order valence-electron chi connectivity index (χ2n) is 6.99. The third-order valence-corrected chi connectivity index (χ3v) is 5.20. The molecule has 2 aromatic rings. The summed E-state index contributed by atoms with van der Waals surface area (Å²) in [5, 5.41) is 2.79. The van der Waals surface area contributed by atoms with Gasteiger partial charge in [0.05, 0.1) is 14.2 Å². The molecule has 1 N–H and O–H groups in total. The summed E-state index contributed by atoms with van der Waals surface area (Å²) in [5.74, 6) is 0.580. The number of aromatic nitrogens is 1. The van der Waals surface area contributed by atoms with Crippen molar-refractivity contribution in [2.45, 2.75) is 38.6 Å². The SMILES string of the molecule is CCC1CCCCN1C(=O)c1cccc(C(=O)Nc2ccc(OC)c(OC)c2)n1. The number of piperidine rings is 1. The maximum Gasteiger partial charge on any atom is 0.274 e. The minimum atomic E-state index is -0.391. The maximum atomic E-state index is 13.0. The Labute approximate surface area is 171 Å². The van der Waals surface area contributed by atoms with E-state index in [9.17, 15) is 9.59 Å². The monoisotopic (exact) mass is 397 g/mol. The summed E-state index contributed by atoms with van der Waals surface area (Å²) in [6.45, 7) is 2.83. The van der Waals surface area contributed by atoms with E-state index in [-0.39, 0.29) is 17.6 Å². The van der Waals surface area contributed by atoms with Gasteiger partial charge in [-0.2, -0.15) is 0 Å². The van der Waals surface area contributed by atoms with Gasteiger partial charge in [0.15, 0.2) is 11.5 Å². The quantitative estimate of drug-likeness (QED) is 0.803. The highest BCUT2D eigenvalue weighted by atomic mass is 16.5. The van der Waals surface area contributed by atoms with E-state index >= 15 is 0 Å². The molecule has 0 bridgehead atoms. The van der Waals surface area contributed by atoms with Crippen molar-refractivity contribution in [1.82, 2.24) is 9.88 Å². The second kappa shape index (κ2) is 9.41. The van der Waals surface area contributed by atoms with Crippen molar-refractivity contribution in [3.8, 4) is 11.5 Å². The van der Waals surface area contributed by atoms with Crippen LogP contribution in [0.4, 0.5) is 5.69 Å². The van der Waals surface area contributed by atoms with Crippen LogP contribution in [0.1, 0.15) is 53.6 Å². The Morgan fingerprint density at radius 2 is 1.86 bits per heavy atom. The minimum Gasteiger partial charge on any atom is -0.493 e. The number of pyridine rings is 1. The fraction of sp³-hybridized carbons (Fsp3) is 0.409. The molecule has 1 aliphatic rings. The number of carbonyl (C=O) groups is 2. The number of methoxy groups -OCH3 is 2. The van der Waals surface area contributed by atoms with E-state index in [1.807, 2.05) is 4.90 Å². The zero-order valence-corrected chi connectivity index (χ0v) is 17.1. The molecular weight excluding hydrogens is 370 g/mol. The molecule has 7 nitrogen and oxygen atoms in total. The molecule has 1 saturated heterocycles. The minimum absolute atomic E-state index is 0.114. The van der Waals surface area contributed by atoms with Crippen LogP contribution >= 0.6 is 0 Å². The van der Waals surface area contributed by atoms with Crippen molar-refractivity contribution >= 4 is 17.5 Å². The van der Waals surface area contributed by atoms with Gasteiger partial charge in [-0.05, 0) is 49.9 Å². The van der Waals surface area contributed by atoms with Gasteiger partial charge in [0.25, 0.3) is 11.8 Å². The lowest BCUT2D eigenvalue weighted by Crippen LogP contribution is -2.43. The molecule has 1 aromatic carbocycles. The molecule has 2 heterocycles. The number of benzene rings is 1. The van der Waals surface area contributed by atoms with E-state index in [4.69, 9.17) is 9.47 Å². The summed E-state index contributed by atoms with van der Waals surface area (Å²) in [6, 6.07) is 10.3. The van der Waals surface area contributed by atoms with Gasteiger partial charge in [0, 0.05) is 24.3 Å². The lowest BCUT2D eigenvalue weighted by molar-refractivity contribution is 0.0602. The zero-order chi connectivity index (χ0) is 20.8. The molecule has 0 radical (unpaired) electrons. The van der Waals surface area contributed by atoms with Gasteiger partial charge < -0.3 is 19.7 Å². The first kappa shape index (κ1) is 20.6. The number of carbonyl (C=O) groups excluding carboxylic acids is 2. The molecule has 1 aromatic heterocycles. The molecule has 3 rings (SSSR count). The van der Waals surface area contributed by atoms with Crippen LogP contribution in [0.5, 0.6) is 11.5 Å². The van der Waals surface area contributed by atoms with Crippen molar-refractivity contribution in [2.24, 2.45) is 0 Å². The van der Waals surface area contributed by atoms with Gasteiger partial charge in [0.2, 0.25) is 0 Å². The van der Waals surface area contributed by atoms with E-state index < -0.39 is 5.91 Å². The van der Waals surface area contributed by atoms with Crippen LogP contribution in [0.15, 0.2) is 36.4 Å². The lowest BCUT2D eigenvalue weighted by Gasteiger charge is -2.35. The average molecular weight is 397 g/mol. The van der Waals surface area contributed by atoms with Crippen molar-refractivity contribution in [1.29, 1.82) is 0 Å². The first-order valence-corrected chi connectivity index (χ1v) is 9.88. The third kappa shape index (κ3) is 4.67. The molecule has 1 atom stereocenters. The van der Waals surface area contributed by atoms with Crippen LogP contribution in [0.3, 0.4) is 0 Å². The molecular formula is C22H27N3O4. The third-order valence-electron chi connectivity index (χ3n) is 5.20. The summed E-state index contributed by atoms with van der Waals surface area (Å²) >= 11 is 0. The van der Waals surface area contributed by atoms with Crippen LogP contribution in [-0.2, 0) is 0 Å². The number of hydrogen-bond acceptors (Lipinski definition) is 5. The number of hydrogen-bond donors (Lipinski definition) is 1. The normalized spacial score (nSPS) is 16.2. The Bertz CT molecular complexity index is 884. The number of nitrogens with one attached hydrogen (secondary N) is 1. The van der Waals surface area contributed by atoms with E-state index in [0.717, 1.165) is 32.2 Å². The molecule has 0 spiro atoms. The summed E-state index contributed by atoms with van der Waals surface area (Å²) in [7, 11) is 3.08. The standard InChI is InChI=1S/C22H27N3O4/c1-4-16-8-5-6-13-25(16)22(27)18-10-7-9-17(24-18)21(26)23-15-11-12-19(28-2)20(14-15)29-3/h7,9-12,14,16H,4-6,8,13H2,1-3H3,(H,23,26). The predicted octanol–water partition coefficient (Wildman–Crippen LogP) is 3.76. The Balaban J connectivity index is 1.76. The smallest absolute Gasteiger partial charge is 0.274 e. The van der Waals surface area contributed by atoms with Gasteiger partial charge >= 0.3 is 0 Å². The van der Waals surface area contributed by atoms with E-state index in [1.54, 1.807) is 43.5 Å². The largest absolute Gasteiger partial charge is 0.493 e. The first-order valence-electron chi connectivity index (χ1n) is 9.88. The molecule has 154 valence electrons. The Kier molecular flexibility index (Phi) is 6.69. The number of amides is 2. The van der Waals surface area contributed by atoms with E-state index in [1.165, 1.54) is 7.11 Å². The molecule has 2 amide bonds. The second-order valence-corrected chi connectivity index (χ2v) is 6.99. The Morgan fingerprint density at radius 1 is 1.10 bits per heavy atom. The molecule has 7 heteroatoms. The number of likely N-dealkylation sites (tertiary alicyclic amines) is 1. The molecule has 29 heavy (non-hydrogen) atoms. The number of rotatable bonds is 6. The highest BCUT2D eigenvalue weighted by Gasteiger charge is 2.27. The Hall–Kier alpha value is -3.09. The highest BCUT2D eigenvalue weighted by Crippen LogP contribution is 2.30. The molecule has 0 saturated carbocycles. The maximum absolute atomic E-state index is 13.0. The first-order chi connectivity index (χ1) is 14.1. The summed E-state index contributed by atoms with van der Waals surface area (Å²) in [6.07, 6.45) is 4.08. The number of ether oxygens (including phenoxy) is 2. The number of anilines is 1. The average Bonchev–Trinajstić information content (AvgIpc) is 2.78. The zero-order valence-electron chi connectivity index (χ0n) is 17.1. The van der Waals surface area contributed by atoms with Gasteiger partial charge in [-0.25, -0.2) is 4.98 Å². The summed E-state index contributed by atoms with van der Waals surface area (Å²) in [4.78, 5) is 31.8. The molecule has 1 fully saturated rings. The van der Waals surface area contributed by atoms with Crippen LogP contribution in [0.25, 0.3) is 0 Å². The van der Waals surface area contributed by atoms with Gasteiger partial charge in [-0.1, -0.05) is 13.0 Å². The van der Waals surface area contributed by atoms with E-state index in [0.29, 0.717) is 22.9 Å². The summed E-state index contributed by atoms with van der Waals surface area (Å²) < 4.78 is 10.5. The van der Waals surface area contributed by atoms with Crippen LogP contribution in [0, 0.1) is 0 Å².